The summed E-state index contributed by atoms with van der Waals surface area (Å²) in [6.07, 6.45) is 36.4. The Bertz CT molecular complexity index is 6850. The summed E-state index contributed by atoms with van der Waals surface area (Å²) in [5.74, 6) is 0. The molecule has 0 atom stereocenters. The molecular weight excluding hydrogens is 1620 g/mol. The van der Waals surface area contributed by atoms with Gasteiger partial charge in [0.1, 0.15) is 22.3 Å². The van der Waals surface area contributed by atoms with E-state index in [0.29, 0.717) is 0 Å². The third-order valence-corrected chi connectivity index (χ3v) is 29.4. The standard InChI is InChI=1S/2C65H65NO/c1-3-5-7-9-11-20-45-65(46-21-12-10-8-6-4-2)61-29-18-16-25-57(61)58-44-43-55(47-62(58)65)66(53-39-35-50(36-40-53)48-23-14-13-15-24-48)54-41-37-51(38-42-54)49-31-33-52(34-32-49)56-27-22-28-60-59-26-17-19-30-63(59)67-64(56)60;1-3-5-7-9-11-20-44-65(45-21-12-10-8-6-4-2)61-26-18-16-24-57(61)58-42-41-56(47-62(58)65)66(54-37-32-50(33-38-54)48-22-14-13-15-23-48)55-39-34-51(35-40-55)49-28-30-52(31-29-49)53-36-43-64-60(46-53)59-25-17-19-27-63(59)67-64/h13-19,22-44,47H,3-12,20-21,45-46H2,1-2H3;13-19,22-43,46-47H,3-12,20-21,44-45H2,1-2H3. The Morgan fingerprint density at radius 3 is 0.858 bits per heavy atom. The second-order valence-corrected chi connectivity index (χ2v) is 38.1. The van der Waals surface area contributed by atoms with Crippen LogP contribution in [0.5, 0.6) is 0 Å². The van der Waals surface area contributed by atoms with E-state index in [1.807, 2.05) is 18.2 Å². The summed E-state index contributed by atoms with van der Waals surface area (Å²) in [5.41, 5.74) is 37.0. The molecule has 0 N–H and O–H groups in total. The van der Waals surface area contributed by atoms with Crippen LogP contribution < -0.4 is 9.80 Å². The highest BCUT2D eigenvalue weighted by Crippen LogP contribution is 2.58. The molecular formula is C130H130N2O2. The fourth-order valence-electron chi connectivity index (χ4n) is 22.3. The molecule has 2 aliphatic rings. The third-order valence-electron chi connectivity index (χ3n) is 29.4. The molecule has 0 unspecified atom stereocenters. The number of para-hydroxylation sites is 3. The molecule has 20 rings (SSSR count). The van der Waals surface area contributed by atoms with Crippen molar-refractivity contribution in [2.45, 2.75) is 218 Å². The summed E-state index contributed by atoms with van der Waals surface area (Å²) >= 11 is 0. The van der Waals surface area contributed by atoms with Crippen LogP contribution in [0.25, 0.3) is 133 Å². The highest BCUT2D eigenvalue weighted by molar-refractivity contribution is 6.10. The molecule has 2 heterocycles. The van der Waals surface area contributed by atoms with Gasteiger partial charge in [0, 0.05) is 72.1 Å². The summed E-state index contributed by atoms with van der Waals surface area (Å²) < 4.78 is 12.5. The maximum absolute atomic E-state index is 6.40. The first kappa shape index (κ1) is 89.9. The Kier molecular flexibility index (Phi) is 28.7. The predicted octanol–water partition coefficient (Wildman–Crippen LogP) is 39.6. The van der Waals surface area contributed by atoms with Crippen molar-refractivity contribution in [3.05, 3.63) is 398 Å². The van der Waals surface area contributed by atoms with Crippen molar-refractivity contribution in [1.82, 2.24) is 0 Å². The third kappa shape index (κ3) is 19.3. The van der Waals surface area contributed by atoms with Gasteiger partial charge in [-0.05, 0) is 228 Å². The summed E-state index contributed by atoms with van der Waals surface area (Å²) in [5, 5.41) is 4.62. The quantitative estimate of drug-likeness (QED) is 0.0358. The van der Waals surface area contributed by atoms with Crippen molar-refractivity contribution in [2.75, 3.05) is 9.80 Å². The molecule has 18 aromatic rings. The van der Waals surface area contributed by atoms with Gasteiger partial charge < -0.3 is 18.6 Å². The average molecular weight is 1750 g/mol. The number of hydrogen-bond donors (Lipinski definition) is 0. The minimum atomic E-state index is 0.00619. The van der Waals surface area contributed by atoms with Crippen molar-refractivity contribution < 1.29 is 8.83 Å². The summed E-state index contributed by atoms with van der Waals surface area (Å²) in [6.45, 7) is 9.28. The topological polar surface area (TPSA) is 32.8 Å². The average Bonchev–Trinajstić information content (AvgIpc) is 1.57. The number of furan rings is 2. The molecule has 0 bridgehead atoms. The zero-order chi connectivity index (χ0) is 90.8. The minimum Gasteiger partial charge on any atom is -0.456 e. The van der Waals surface area contributed by atoms with Crippen LogP contribution in [0.2, 0.25) is 0 Å². The Morgan fingerprint density at radius 2 is 0.455 bits per heavy atom. The van der Waals surface area contributed by atoms with Crippen LogP contribution in [0.1, 0.15) is 230 Å². The molecule has 4 heteroatoms. The van der Waals surface area contributed by atoms with E-state index in [1.54, 1.807) is 11.1 Å². The van der Waals surface area contributed by atoms with Crippen molar-refractivity contribution in [1.29, 1.82) is 0 Å². The van der Waals surface area contributed by atoms with Crippen molar-refractivity contribution in [3.63, 3.8) is 0 Å². The van der Waals surface area contributed by atoms with Gasteiger partial charge in [-0.3, -0.25) is 0 Å². The van der Waals surface area contributed by atoms with Gasteiger partial charge in [0.15, 0.2) is 0 Å². The molecule has 672 valence electrons. The molecule has 0 fully saturated rings. The lowest BCUT2D eigenvalue weighted by Crippen LogP contribution is -2.26. The Hall–Kier alpha value is -13.3. The van der Waals surface area contributed by atoms with E-state index in [0.717, 1.165) is 77.8 Å². The Labute approximate surface area is 796 Å². The maximum Gasteiger partial charge on any atom is 0.143 e. The van der Waals surface area contributed by atoms with Gasteiger partial charge in [0.05, 0.1) is 0 Å². The van der Waals surface area contributed by atoms with Gasteiger partial charge in [-0.1, -0.05) is 461 Å². The van der Waals surface area contributed by atoms with Crippen molar-refractivity contribution in [3.8, 4) is 89.0 Å². The summed E-state index contributed by atoms with van der Waals surface area (Å²) in [4.78, 5) is 4.97. The minimum absolute atomic E-state index is 0.00619. The normalized spacial score (nSPS) is 12.7. The van der Waals surface area contributed by atoms with Crippen LogP contribution in [0.3, 0.4) is 0 Å². The van der Waals surface area contributed by atoms with E-state index in [-0.39, 0.29) is 10.8 Å². The van der Waals surface area contributed by atoms with Gasteiger partial charge in [-0.25, -0.2) is 0 Å². The maximum atomic E-state index is 6.40. The van der Waals surface area contributed by atoms with Gasteiger partial charge in [0.2, 0.25) is 0 Å². The van der Waals surface area contributed by atoms with E-state index in [2.05, 4.69) is 395 Å². The highest BCUT2D eigenvalue weighted by Gasteiger charge is 2.44. The molecule has 16 aromatic carbocycles. The molecule has 0 aliphatic heterocycles. The van der Waals surface area contributed by atoms with Crippen LogP contribution >= 0.6 is 0 Å². The molecule has 2 aliphatic carbocycles. The number of anilines is 6. The largest absolute Gasteiger partial charge is 0.456 e. The number of fused-ring (bicyclic) bond motifs is 12. The molecule has 0 saturated heterocycles. The number of benzene rings is 16. The Balaban J connectivity index is 0.000000172. The highest BCUT2D eigenvalue weighted by atomic mass is 16.3. The second-order valence-electron chi connectivity index (χ2n) is 38.1. The van der Waals surface area contributed by atoms with Gasteiger partial charge in [-0.2, -0.15) is 0 Å². The van der Waals surface area contributed by atoms with Gasteiger partial charge in [-0.15, -0.1) is 0 Å². The van der Waals surface area contributed by atoms with Crippen molar-refractivity contribution in [2.24, 2.45) is 0 Å². The van der Waals surface area contributed by atoms with E-state index in [9.17, 15) is 0 Å². The van der Waals surface area contributed by atoms with Crippen LogP contribution in [0.15, 0.2) is 385 Å². The molecule has 0 spiro atoms. The van der Waals surface area contributed by atoms with E-state index < -0.39 is 0 Å². The van der Waals surface area contributed by atoms with Crippen LogP contribution in [0.4, 0.5) is 34.1 Å². The molecule has 4 nitrogen and oxygen atoms in total. The lowest BCUT2D eigenvalue weighted by Gasteiger charge is -2.34. The first-order chi connectivity index (χ1) is 66.3. The smallest absolute Gasteiger partial charge is 0.143 e. The first-order valence-corrected chi connectivity index (χ1v) is 50.9. The molecule has 0 radical (unpaired) electrons. The number of nitrogens with zero attached hydrogens (tertiary/aromatic N) is 2. The lowest BCUT2D eigenvalue weighted by molar-refractivity contribution is 0.398. The van der Waals surface area contributed by atoms with Crippen molar-refractivity contribution >= 4 is 78.0 Å². The number of unbranched alkanes of at least 4 members (excludes halogenated alkanes) is 20. The summed E-state index contributed by atoms with van der Waals surface area (Å²) in [6, 6.07) is 139. The lowest BCUT2D eigenvalue weighted by atomic mass is 9.70. The van der Waals surface area contributed by atoms with E-state index in [4.69, 9.17) is 8.83 Å². The monoisotopic (exact) mass is 1750 g/mol. The van der Waals surface area contributed by atoms with Crippen LogP contribution in [-0.4, -0.2) is 0 Å². The predicted molar refractivity (Wildman–Crippen MR) is 574 cm³/mol. The second kappa shape index (κ2) is 42.7. The van der Waals surface area contributed by atoms with Crippen LogP contribution in [0, 0.1) is 0 Å². The molecule has 134 heavy (non-hydrogen) atoms. The molecule has 0 amide bonds. The molecule has 2 aromatic heterocycles. The van der Waals surface area contributed by atoms with E-state index in [1.165, 1.54) is 280 Å². The van der Waals surface area contributed by atoms with Crippen LogP contribution in [-0.2, 0) is 10.8 Å². The van der Waals surface area contributed by atoms with Gasteiger partial charge in [0.25, 0.3) is 0 Å². The Morgan fingerprint density at radius 1 is 0.179 bits per heavy atom. The molecule has 0 saturated carbocycles. The number of hydrogen-bond acceptors (Lipinski definition) is 4. The summed E-state index contributed by atoms with van der Waals surface area (Å²) in [7, 11) is 0. The SMILES string of the molecule is CCCCCCCCC1(CCCCCCCC)c2ccccc2-c2ccc(N(c3ccc(-c4ccccc4)cc3)c3ccc(-c4ccc(-c5ccc6oc7ccccc7c6c5)cc4)cc3)cc21.CCCCCCCCC1(CCCCCCCC)c2ccccc2-c2ccc(N(c3ccc(-c4ccccc4)cc3)c3ccc(-c4ccc(-c5cccc6c5oc5ccccc56)cc4)cc3)cc21. The zero-order valence-corrected chi connectivity index (χ0v) is 79.3. The van der Waals surface area contributed by atoms with Gasteiger partial charge >= 0.3 is 0 Å². The fraction of sp³-hybridized carbons (Fsp3) is 0.262. The number of rotatable bonds is 40. The zero-order valence-electron chi connectivity index (χ0n) is 79.3. The van der Waals surface area contributed by atoms with E-state index >= 15 is 0 Å². The fourth-order valence-corrected chi connectivity index (χ4v) is 22.3. The first-order valence-electron chi connectivity index (χ1n) is 50.9.